The lowest BCUT2D eigenvalue weighted by molar-refractivity contribution is -0.137. The second-order valence-electron chi connectivity index (χ2n) is 8.18. The number of esters is 1. The summed E-state index contributed by atoms with van der Waals surface area (Å²) < 4.78 is 11.4. The highest BCUT2D eigenvalue weighted by Gasteiger charge is 2.40. The first-order valence-electron chi connectivity index (χ1n) is 9.00. The molecule has 0 bridgehead atoms. The van der Waals surface area contributed by atoms with Crippen LogP contribution >= 0.6 is 0 Å². The molecule has 0 spiro atoms. The van der Waals surface area contributed by atoms with E-state index in [1.54, 1.807) is 19.9 Å². The molecule has 0 fully saturated rings. The summed E-state index contributed by atoms with van der Waals surface area (Å²) in [6.45, 7) is 18.7. The van der Waals surface area contributed by atoms with E-state index in [0.717, 1.165) is 5.57 Å². The Morgan fingerprint density at radius 1 is 1.12 bits per heavy atom. The monoisotopic (exact) mass is 368 g/mol. The minimum absolute atomic E-state index is 0.0740. The van der Waals surface area contributed by atoms with Crippen LogP contribution in [0.2, 0.25) is 18.1 Å². The Morgan fingerprint density at radius 3 is 2.12 bits per heavy atom. The second-order valence-corrected chi connectivity index (χ2v) is 12.9. The largest absolute Gasteiger partial charge is 0.463 e. The van der Waals surface area contributed by atoms with Gasteiger partial charge in [-0.15, -0.1) is 0 Å². The third-order valence-corrected chi connectivity index (χ3v) is 9.13. The van der Waals surface area contributed by atoms with E-state index < -0.39 is 8.32 Å². The van der Waals surface area contributed by atoms with E-state index in [1.807, 2.05) is 6.92 Å². The number of carbonyl (C=O) groups is 2. The van der Waals surface area contributed by atoms with E-state index >= 15 is 0 Å². The molecular weight excluding hydrogens is 332 g/mol. The van der Waals surface area contributed by atoms with Crippen molar-refractivity contribution in [3.63, 3.8) is 0 Å². The van der Waals surface area contributed by atoms with E-state index in [-0.39, 0.29) is 28.8 Å². The van der Waals surface area contributed by atoms with E-state index in [0.29, 0.717) is 13.0 Å². The summed E-state index contributed by atoms with van der Waals surface area (Å²) in [4.78, 5) is 23.1. The van der Waals surface area contributed by atoms with Crippen LogP contribution < -0.4 is 0 Å². The van der Waals surface area contributed by atoms with E-state index in [2.05, 4.69) is 46.9 Å². The molecule has 25 heavy (non-hydrogen) atoms. The summed E-state index contributed by atoms with van der Waals surface area (Å²) in [5, 5.41) is 0.0876. The van der Waals surface area contributed by atoms with Crippen LogP contribution in [0.5, 0.6) is 0 Å². The molecule has 2 atom stereocenters. The third kappa shape index (κ3) is 9.17. The number of carbonyl (C=O) groups excluding carboxylic acids is 2. The highest BCUT2D eigenvalue weighted by atomic mass is 28.4. The fourth-order valence-corrected chi connectivity index (χ4v) is 3.55. The van der Waals surface area contributed by atoms with Crippen molar-refractivity contribution in [2.24, 2.45) is 5.92 Å². The molecule has 0 rings (SSSR count). The van der Waals surface area contributed by atoms with Gasteiger partial charge in [0.25, 0.3) is 0 Å². The summed E-state index contributed by atoms with van der Waals surface area (Å²) in [6, 6.07) is 0. The zero-order chi connectivity index (χ0) is 19.8. The first kappa shape index (κ1) is 23.8. The number of ketones is 1. The molecule has 0 aliphatic carbocycles. The Balaban J connectivity index is 5.24. The van der Waals surface area contributed by atoms with E-state index in [1.165, 1.54) is 6.08 Å². The molecule has 0 aromatic rings. The van der Waals surface area contributed by atoms with E-state index in [4.69, 9.17) is 9.16 Å². The second kappa shape index (κ2) is 10.1. The van der Waals surface area contributed by atoms with Crippen LogP contribution in [0.4, 0.5) is 0 Å². The van der Waals surface area contributed by atoms with Crippen LogP contribution in [0.1, 0.15) is 54.9 Å². The molecule has 144 valence electrons. The van der Waals surface area contributed by atoms with Crippen molar-refractivity contribution in [1.29, 1.82) is 0 Å². The first-order chi connectivity index (χ1) is 11.3. The SMILES string of the molecule is CCOC(=O)/C=C/C(C)=C/[C@@H](C)[C@@H](CC(C)=O)O[Si](C)(C)C(C)(C)C. The normalized spacial score (nSPS) is 16.0. The van der Waals surface area contributed by atoms with Gasteiger partial charge in [0.05, 0.1) is 12.7 Å². The Bertz CT molecular complexity index is 512. The summed E-state index contributed by atoms with van der Waals surface area (Å²) in [6.07, 6.45) is 5.47. The maximum absolute atomic E-state index is 11.7. The lowest BCUT2D eigenvalue weighted by Crippen LogP contribution is -2.45. The molecule has 0 radical (unpaired) electrons. The molecule has 0 N–H and O–H groups in total. The molecule has 0 amide bonds. The van der Waals surface area contributed by atoms with Gasteiger partial charge < -0.3 is 9.16 Å². The van der Waals surface area contributed by atoms with Gasteiger partial charge in [-0.2, -0.15) is 0 Å². The molecule has 0 aromatic heterocycles. The zero-order valence-corrected chi connectivity index (χ0v) is 18.4. The minimum atomic E-state index is -1.97. The highest BCUT2D eigenvalue weighted by Crippen LogP contribution is 2.38. The van der Waals surface area contributed by atoms with Crippen LogP contribution in [-0.2, 0) is 18.8 Å². The van der Waals surface area contributed by atoms with Gasteiger partial charge in [0.15, 0.2) is 8.32 Å². The Morgan fingerprint density at radius 2 is 1.68 bits per heavy atom. The quantitative estimate of drug-likeness (QED) is 0.247. The third-order valence-electron chi connectivity index (χ3n) is 4.62. The molecule has 0 saturated carbocycles. The number of hydrogen-bond donors (Lipinski definition) is 0. The first-order valence-corrected chi connectivity index (χ1v) is 11.9. The molecule has 0 unspecified atom stereocenters. The van der Waals surface area contributed by atoms with Gasteiger partial charge in [-0.1, -0.05) is 45.4 Å². The average Bonchev–Trinajstić information content (AvgIpc) is 2.42. The molecule has 0 aliphatic rings. The van der Waals surface area contributed by atoms with Gasteiger partial charge in [-0.3, -0.25) is 4.79 Å². The van der Waals surface area contributed by atoms with Crippen LogP contribution in [0.15, 0.2) is 23.8 Å². The zero-order valence-electron chi connectivity index (χ0n) is 17.4. The fourth-order valence-electron chi connectivity index (χ4n) is 2.14. The maximum Gasteiger partial charge on any atom is 0.330 e. The van der Waals surface area contributed by atoms with Crippen LogP contribution in [0.3, 0.4) is 0 Å². The van der Waals surface area contributed by atoms with Gasteiger partial charge in [-0.25, -0.2) is 4.79 Å². The van der Waals surface area contributed by atoms with Crippen molar-refractivity contribution in [3.05, 3.63) is 23.8 Å². The topological polar surface area (TPSA) is 52.6 Å². The van der Waals surface area contributed by atoms with E-state index in [9.17, 15) is 9.59 Å². The summed E-state index contributed by atoms with van der Waals surface area (Å²) in [5.41, 5.74) is 0.952. The fraction of sp³-hybridized carbons (Fsp3) is 0.700. The number of ether oxygens (including phenoxy) is 1. The van der Waals surface area contributed by atoms with Crippen LogP contribution in [-0.4, -0.2) is 32.8 Å². The maximum atomic E-state index is 11.7. The number of rotatable bonds is 9. The average molecular weight is 369 g/mol. The summed E-state index contributed by atoms with van der Waals surface area (Å²) in [5.74, 6) is -0.144. The summed E-state index contributed by atoms with van der Waals surface area (Å²) >= 11 is 0. The molecule has 0 aliphatic heterocycles. The molecule has 4 nitrogen and oxygen atoms in total. The van der Waals surface area contributed by atoms with Crippen molar-refractivity contribution in [1.82, 2.24) is 0 Å². The van der Waals surface area contributed by atoms with Gasteiger partial charge in [0.2, 0.25) is 0 Å². The summed E-state index contributed by atoms with van der Waals surface area (Å²) in [7, 11) is -1.97. The molecule has 0 aromatic carbocycles. The molecule has 5 heteroatoms. The van der Waals surface area contributed by atoms with Crippen molar-refractivity contribution >= 4 is 20.1 Å². The van der Waals surface area contributed by atoms with Crippen LogP contribution in [0, 0.1) is 5.92 Å². The van der Waals surface area contributed by atoms with Gasteiger partial charge in [0, 0.05) is 12.5 Å². The van der Waals surface area contributed by atoms with Gasteiger partial charge in [0.1, 0.15) is 5.78 Å². The predicted molar refractivity (Wildman–Crippen MR) is 106 cm³/mol. The Hall–Kier alpha value is -1.20. The van der Waals surface area contributed by atoms with Gasteiger partial charge in [-0.05, 0) is 44.8 Å². The minimum Gasteiger partial charge on any atom is -0.463 e. The number of hydrogen-bond acceptors (Lipinski definition) is 4. The van der Waals surface area contributed by atoms with Gasteiger partial charge >= 0.3 is 5.97 Å². The predicted octanol–water partition coefficient (Wildman–Crippen LogP) is 5.06. The number of Topliss-reactive ketones (excluding diaryl/α,β-unsaturated/α-hetero) is 1. The Labute approximate surface area is 154 Å². The highest BCUT2D eigenvalue weighted by molar-refractivity contribution is 6.74. The number of allylic oxidation sites excluding steroid dienone is 2. The van der Waals surface area contributed by atoms with Crippen molar-refractivity contribution < 1.29 is 18.8 Å². The standard InChI is InChI=1S/C20H36O4Si/c1-10-23-19(22)12-11-15(2)13-16(3)18(14-17(4)21)24-25(8,9)20(5,6)7/h11-13,16,18H,10,14H2,1-9H3/b12-11+,15-13+/t16-,18-/m1/s1. The van der Waals surface area contributed by atoms with Crippen LogP contribution in [0.25, 0.3) is 0 Å². The molecule has 0 saturated heterocycles. The lowest BCUT2D eigenvalue weighted by Gasteiger charge is -2.40. The molecular formula is C20H36O4Si. The van der Waals surface area contributed by atoms with Crippen molar-refractivity contribution in [2.45, 2.75) is 79.1 Å². The smallest absolute Gasteiger partial charge is 0.330 e. The lowest BCUT2D eigenvalue weighted by atomic mass is 9.98. The van der Waals surface area contributed by atoms with Crippen molar-refractivity contribution in [2.75, 3.05) is 6.61 Å². The Kier molecular flexibility index (Phi) is 9.58. The molecule has 0 heterocycles. The van der Waals surface area contributed by atoms with Crippen molar-refractivity contribution in [3.8, 4) is 0 Å².